The molecule has 1 saturated heterocycles. The Kier molecular flexibility index (Phi) is 3.33. The molecule has 1 aromatic carbocycles. The minimum Gasteiger partial charge on any atom is -0.371 e. The van der Waals surface area contributed by atoms with Crippen molar-refractivity contribution in [1.82, 2.24) is 4.90 Å². The maximum Gasteiger partial charge on any atom is 0.244 e. The van der Waals surface area contributed by atoms with Gasteiger partial charge in [-0.05, 0) is 28.4 Å². The van der Waals surface area contributed by atoms with E-state index in [-0.39, 0.29) is 16.1 Å². The van der Waals surface area contributed by atoms with Crippen LogP contribution in [-0.2, 0) is 4.79 Å². The lowest BCUT2D eigenvalue weighted by molar-refractivity contribution is -0.127. The summed E-state index contributed by atoms with van der Waals surface area (Å²) in [7, 11) is 1.70. The number of nitrogens with zero attached hydrogens (tertiary/aromatic N) is 1. The molecule has 0 bridgehead atoms. The Morgan fingerprint density at radius 1 is 1.41 bits per heavy atom. The number of likely N-dealkylation sites (N-methyl/N-ethyl adjacent to an activating group) is 1. The number of rotatable bonds is 2. The molecule has 0 saturated carbocycles. The van der Waals surface area contributed by atoms with E-state index in [9.17, 15) is 13.6 Å². The van der Waals surface area contributed by atoms with Gasteiger partial charge < -0.3 is 10.2 Å². The first-order valence-electron chi connectivity index (χ1n) is 5.15. The molecule has 0 aliphatic carbocycles. The summed E-state index contributed by atoms with van der Waals surface area (Å²) in [5, 5.41) is 2.79. The summed E-state index contributed by atoms with van der Waals surface area (Å²) < 4.78 is 26.6. The van der Waals surface area contributed by atoms with E-state index < -0.39 is 17.7 Å². The Labute approximate surface area is 106 Å². The average Bonchev–Trinajstić information content (AvgIpc) is 2.58. The molecule has 1 aromatic rings. The molecule has 1 heterocycles. The zero-order valence-electron chi connectivity index (χ0n) is 9.14. The van der Waals surface area contributed by atoms with Crippen molar-refractivity contribution >= 4 is 27.5 Å². The summed E-state index contributed by atoms with van der Waals surface area (Å²) in [6.45, 7) is 0.639. The summed E-state index contributed by atoms with van der Waals surface area (Å²) in [5.74, 6) is -1.44. The third-order valence-electron chi connectivity index (χ3n) is 2.77. The van der Waals surface area contributed by atoms with Gasteiger partial charge >= 0.3 is 0 Å². The fraction of sp³-hybridized carbons (Fsp3) is 0.364. The normalized spacial score (nSPS) is 19.9. The van der Waals surface area contributed by atoms with Gasteiger partial charge in [0.2, 0.25) is 5.91 Å². The van der Waals surface area contributed by atoms with Crippen LogP contribution in [0.2, 0.25) is 0 Å². The summed E-state index contributed by atoms with van der Waals surface area (Å²) in [6, 6.07) is 1.65. The third-order valence-corrected chi connectivity index (χ3v) is 3.37. The number of benzene rings is 1. The molecule has 1 N–H and O–H groups in total. The van der Waals surface area contributed by atoms with Gasteiger partial charge in [0.1, 0.15) is 17.7 Å². The van der Waals surface area contributed by atoms with Gasteiger partial charge in [0, 0.05) is 19.7 Å². The first-order valence-corrected chi connectivity index (χ1v) is 5.94. The largest absolute Gasteiger partial charge is 0.371 e. The zero-order valence-corrected chi connectivity index (χ0v) is 10.7. The Morgan fingerprint density at radius 3 is 2.71 bits per heavy atom. The van der Waals surface area contributed by atoms with E-state index in [1.165, 1.54) is 6.07 Å². The van der Waals surface area contributed by atoms with E-state index in [4.69, 9.17) is 0 Å². The number of likely N-dealkylation sites (tertiary alicyclic amines) is 1. The molecule has 1 fully saturated rings. The number of carbonyl (C=O) groups is 1. The third kappa shape index (κ3) is 2.41. The Balaban J connectivity index is 2.19. The van der Waals surface area contributed by atoms with E-state index >= 15 is 0 Å². The molecule has 0 radical (unpaired) electrons. The standard InChI is InChI=1S/C11H11BrF2N2O/c1-16-3-2-9(11(16)17)15-10-4-6(12)7(13)5-8(10)14/h4-5,9,15H,2-3H2,1H3/t9-/m1/s1. The van der Waals surface area contributed by atoms with Gasteiger partial charge in [-0.25, -0.2) is 8.78 Å². The van der Waals surface area contributed by atoms with E-state index in [0.717, 1.165) is 6.07 Å². The molecule has 1 amide bonds. The number of nitrogens with one attached hydrogen (secondary N) is 1. The van der Waals surface area contributed by atoms with Gasteiger partial charge in [-0.1, -0.05) is 0 Å². The quantitative estimate of drug-likeness (QED) is 0.851. The second-order valence-corrected chi connectivity index (χ2v) is 4.85. The van der Waals surface area contributed by atoms with Gasteiger partial charge in [0.15, 0.2) is 0 Å². The van der Waals surface area contributed by atoms with Crippen LogP contribution in [0, 0.1) is 11.6 Å². The lowest BCUT2D eigenvalue weighted by Crippen LogP contribution is -2.31. The van der Waals surface area contributed by atoms with Gasteiger partial charge in [0.25, 0.3) is 0 Å². The van der Waals surface area contributed by atoms with Gasteiger partial charge in [0.05, 0.1) is 10.2 Å². The first kappa shape index (κ1) is 12.3. The smallest absolute Gasteiger partial charge is 0.244 e. The molecule has 92 valence electrons. The van der Waals surface area contributed by atoms with Crippen LogP contribution in [0.5, 0.6) is 0 Å². The maximum atomic E-state index is 13.5. The van der Waals surface area contributed by atoms with Gasteiger partial charge in [-0.3, -0.25) is 4.79 Å². The van der Waals surface area contributed by atoms with E-state index in [2.05, 4.69) is 21.2 Å². The highest BCUT2D eigenvalue weighted by molar-refractivity contribution is 9.10. The van der Waals surface area contributed by atoms with Gasteiger partial charge in [-0.15, -0.1) is 0 Å². The van der Waals surface area contributed by atoms with Gasteiger partial charge in [-0.2, -0.15) is 0 Å². The summed E-state index contributed by atoms with van der Waals surface area (Å²) in [6.07, 6.45) is 0.615. The lowest BCUT2D eigenvalue weighted by atomic mass is 10.2. The molecular weight excluding hydrogens is 294 g/mol. The number of carbonyl (C=O) groups excluding carboxylic acids is 1. The lowest BCUT2D eigenvalue weighted by Gasteiger charge is -2.14. The highest BCUT2D eigenvalue weighted by atomic mass is 79.9. The minimum atomic E-state index is -0.701. The monoisotopic (exact) mass is 304 g/mol. The van der Waals surface area contributed by atoms with E-state index in [1.807, 2.05) is 0 Å². The second kappa shape index (κ2) is 4.60. The molecule has 0 spiro atoms. The van der Waals surface area contributed by atoms with Crippen LogP contribution in [-0.4, -0.2) is 30.4 Å². The zero-order chi connectivity index (χ0) is 12.6. The van der Waals surface area contributed by atoms with Crippen LogP contribution in [0.1, 0.15) is 6.42 Å². The summed E-state index contributed by atoms with van der Waals surface area (Å²) >= 11 is 2.98. The van der Waals surface area contributed by atoms with Crippen molar-refractivity contribution in [3.05, 3.63) is 28.2 Å². The van der Waals surface area contributed by atoms with Crippen LogP contribution in [0.4, 0.5) is 14.5 Å². The second-order valence-electron chi connectivity index (χ2n) is 3.99. The first-order chi connectivity index (χ1) is 7.99. The van der Waals surface area contributed by atoms with Crippen molar-refractivity contribution < 1.29 is 13.6 Å². The van der Waals surface area contributed by atoms with Crippen molar-refractivity contribution in [1.29, 1.82) is 0 Å². The highest BCUT2D eigenvalue weighted by Gasteiger charge is 2.29. The SMILES string of the molecule is CN1CC[C@@H](Nc2cc(Br)c(F)cc2F)C1=O. The molecule has 1 aliphatic heterocycles. The Hall–Kier alpha value is -1.17. The van der Waals surface area contributed by atoms with Crippen molar-refractivity contribution in [2.24, 2.45) is 0 Å². The van der Waals surface area contributed by atoms with E-state index in [1.54, 1.807) is 11.9 Å². The molecule has 2 rings (SSSR count). The molecule has 6 heteroatoms. The fourth-order valence-electron chi connectivity index (χ4n) is 1.78. The van der Waals surface area contributed by atoms with Crippen LogP contribution < -0.4 is 5.32 Å². The minimum absolute atomic E-state index is 0.0788. The number of halogens is 3. The molecule has 0 unspecified atom stereocenters. The Morgan fingerprint density at radius 2 is 2.12 bits per heavy atom. The number of hydrogen-bond acceptors (Lipinski definition) is 2. The molecule has 17 heavy (non-hydrogen) atoms. The average molecular weight is 305 g/mol. The van der Waals surface area contributed by atoms with Crippen LogP contribution in [0.15, 0.2) is 16.6 Å². The topological polar surface area (TPSA) is 32.3 Å². The van der Waals surface area contributed by atoms with Crippen molar-refractivity contribution in [3.63, 3.8) is 0 Å². The van der Waals surface area contributed by atoms with Crippen molar-refractivity contribution in [2.45, 2.75) is 12.5 Å². The van der Waals surface area contributed by atoms with Crippen LogP contribution >= 0.6 is 15.9 Å². The fourth-order valence-corrected chi connectivity index (χ4v) is 2.12. The highest BCUT2D eigenvalue weighted by Crippen LogP contribution is 2.25. The van der Waals surface area contributed by atoms with E-state index in [0.29, 0.717) is 13.0 Å². The Bertz CT molecular complexity index is 467. The molecule has 1 aliphatic rings. The van der Waals surface area contributed by atoms with Crippen molar-refractivity contribution in [2.75, 3.05) is 18.9 Å². The predicted octanol–water partition coefficient (Wildman–Crippen LogP) is 2.37. The predicted molar refractivity (Wildman–Crippen MR) is 63.7 cm³/mol. The van der Waals surface area contributed by atoms with Crippen molar-refractivity contribution in [3.8, 4) is 0 Å². The maximum absolute atomic E-state index is 13.5. The summed E-state index contributed by atoms with van der Waals surface area (Å²) in [5.41, 5.74) is 0.131. The molecule has 0 aromatic heterocycles. The van der Waals surface area contributed by atoms with Crippen LogP contribution in [0.25, 0.3) is 0 Å². The molecular formula is C11H11BrF2N2O. The molecule has 3 nitrogen and oxygen atoms in total. The summed E-state index contributed by atoms with van der Waals surface area (Å²) in [4.78, 5) is 13.2. The van der Waals surface area contributed by atoms with Crippen LogP contribution in [0.3, 0.4) is 0 Å². The number of amides is 1. The number of hydrogen-bond donors (Lipinski definition) is 1. The molecule has 1 atom stereocenters. The number of anilines is 1.